The Hall–Kier alpha value is -0.500. The largest absolute Gasteiger partial charge is 0.470 e. The molecule has 0 spiro atoms. The lowest BCUT2D eigenvalue weighted by molar-refractivity contribution is -0.177. The van der Waals surface area contributed by atoms with E-state index in [4.69, 9.17) is 9.47 Å². The minimum absolute atomic E-state index is 0.0331. The van der Waals surface area contributed by atoms with E-state index in [1.54, 1.807) is 0 Å². The molecule has 0 aliphatic carbocycles. The predicted molar refractivity (Wildman–Crippen MR) is 81.0 cm³/mol. The monoisotopic (exact) mass is 268 g/mol. The fraction of sp³-hybridized carbons (Fsp3) is 0.882. The van der Waals surface area contributed by atoms with Gasteiger partial charge in [-0.3, -0.25) is 0 Å². The van der Waals surface area contributed by atoms with Crippen LogP contribution in [0.15, 0.2) is 12.3 Å². The van der Waals surface area contributed by atoms with Crippen molar-refractivity contribution in [2.75, 3.05) is 0 Å². The third-order valence-corrected chi connectivity index (χ3v) is 3.80. The molecule has 0 aromatic carbocycles. The number of ether oxygens (including phenoxy) is 2. The van der Waals surface area contributed by atoms with Crippen LogP contribution in [0.3, 0.4) is 0 Å². The van der Waals surface area contributed by atoms with Crippen molar-refractivity contribution in [1.29, 1.82) is 0 Å². The van der Waals surface area contributed by atoms with Gasteiger partial charge < -0.3 is 9.47 Å². The van der Waals surface area contributed by atoms with E-state index in [-0.39, 0.29) is 6.29 Å². The van der Waals surface area contributed by atoms with Gasteiger partial charge in [0.25, 0.3) is 0 Å². The second-order valence-electron chi connectivity index (χ2n) is 5.73. The Morgan fingerprint density at radius 1 is 1.11 bits per heavy atom. The van der Waals surface area contributed by atoms with Crippen LogP contribution in [0.2, 0.25) is 0 Å². The van der Waals surface area contributed by atoms with Gasteiger partial charge >= 0.3 is 0 Å². The zero-order chi connectivity index (χ0) is 13.9. The van der Waals surface area contributed by atoms with Gasteiger partial charge in [0.15, 0.2) is 6.29 Å². The molecule has 0 radical (unpaired) electrons. The van der Waals surface area contributed by atoms with E-state index >= 15 is 0 Å². The fourth-order valence-corrected chi connectivity index (χ4v) is 2.58. The minimum Gasteiger partial charge on any atom is -0.470 e. The molecule has 19 heavy (non-hydrogen) atoms. The van der Waals surface area contributed by atoms with Gasteiger partial charge in [-0.25, -0.2) is 0 Å². The lowest BCUT2D eigenvalue weighted by Gasteiger charge is -2.31. The highest BCUT2D eigenvalue weighted by molar-refractivity contribution is 4.83. The summed E-state index contributed by atoms with van der Waals surface area (Å²) in [4.78, 5) is 0. The summed E-state index contributed by atoms with van der Waals surface area (Å²) in [5, 5.41) is 0. The quantitative estimate of drug-likeness (QED) is 0.381. The van der Waals surface area contributed by atoms with E-state index < -0.39 is 0 Å². The van der Waals surface area contributed by atoms with Gasteiger partial charge in [-0.05, 0) is 25.7 Å². The van der Waals surface area contributed by atoms with Gasteiger partial charge in [-0.2, -0.15) is 0 Å². The van der Waals surface area contributed by atoms with Crippen LogP contribution >= 0.6 is 0 Å². The SMILES string of the molecule is C=C(CCCC)O[C@@H]1CCC[C@H](CCCCCC)O1. The predicted octanol–water partition coefficient (Wildman–Crippen LogP) is 5.57. The molecule has 1 aliphatic rings. The van der Waals surface area contributed by atoms with Gasteiger partial charge in [-0.15, -0.1) is 0 Å². The van der Waals surface area contributed by atoms with Crippen molar-refractivity contribution in [3.8, 4) is 0 Å². The van der Waals surface area contributed by atoms with Crippen molar-refractivity contribution >= 4 is 0 Å². The maximum Gasteiger partial charge on any atom is 0.199 e. The summed E-state index contributed by atoms with van der Waals surface area (Å²) in [6.07, 6.45) is 13.6. The molecule has 0 saturated carbocycles. The van der Waals surface area contributed by atoms with Crippen molar-refractivity contribution < 1.29 is 9.47 Å². The Kier molecular flexibility index (Phi) is 8.98. The first-order valence-corrected chi connectivity index (χ1v) is 8.26. The van der Waals surface area contributed by atoms with Crippen LogP contribution in [0.4, 0.5) is 0 Å². The molecule has 2 nitrogen and oxygen atoms in total. The van der Waals surface area contributed by atoms with Crippen molar-refractivity contribution in [2.45, 2.75) is 96.9 Å². The normalized spacial score (nSPS) is 23.3. The second-order valence-corrected chi connectivity index (χ2v) is 5.73. The molecule has 1 fully saturated rings. The van der Waals surface area contributed by atoms with E-state index in [2.05, 4.69) is 20.4 Å². The van der Waals surface area contributed by atoms with Crippen molar-refractivity contribution in [3.05, 3.63) is 12.3 Å². The third kappa shape index (κ3) is 7.61. The Morgan fingerprint density at radius 3 is 2.63 bits per heavy atom. The minimum atomic E-state index is -0.0331. The van der Waals surface area contributed by atoms with E-state index in [9.17, 15) is 0 Å². The highest BCUT2D eigenvalue weighted by Crippen LogP contribution is 2.25. The zero-order valence-corrected chi connectivity index (χ0v) is 13.0. The molecule has 0 aromatic rings. The standard InChI is InChI=1S/C17H32O2/c1-4-6-8-9-12-16-13-10-14-17(19-16)18-15(3)11-7-5-2/h16-17H,3-14H2,1-2H3/t16-,17-/m0/s1. The van der Waals surface area contributed by atoms with E-state index in [0.29, 0.717) is 6.10 Å². The molecule has 2 atom stereocenters. The smallest absolute Gasteiger partial charge is 0.199 e. The summed E-state index contributed by atoms with van der Waals surface area (Å²) < 4.78 is 11.9. The summed E-state index contributed by atoms with van der Waals surface area (Å²) in [6, 6.07) is 0. The molecule has 1 heterocycles. The lowest BCUT2D eigenvalue weighted by atomic mass is 10.0. The highest BCUT2D eigenvalue weighted by atomic mass is 16.7. The van der Waals surface area contributed by atoms with E-state index in [1.807, 2.05) is 0 Å². The zero-order valence-electron chi connectivity index (χ0n) is 13.0. The Labute approximate surface area is 119 Å². The lowest BCUT2D eigenvalue weighted by Crippen LogP contribution is -2.29. The van der Waals surface area contributed by atoms with Gasteiger partial charge in [0.2, 0.25) is 0 Å². The molecule has 0 bridgehead atoms. The van der Waals surface area contributed by atoms with Crippen LogP contribution in [0, 0.1) is 0 Å². The first kappa shape index (κ1) is 16.6. The second kappa shape index (κ2) is 10.3. The number of hydrogen-bond acceptors (Lipinski definition) is 2. The van der Waals surface area contributed by atoms with Crippen LogP contribution in [0.1, 0.15) is 84.5 Å². The summed E-state index contributed by atoms with van der Waals surface area (Å²) in [7, 11) is 0. The third-order valence-electron chi connectivity index (χ3n) is 3.80. The van der Waals surface area contributed by atoms with Gasteiger partial charge in [0.1, 0.15) is 0 Å². The molecular formula is C17H32O2. The van der Waals surface area contributed by atoms with Crippen LogP contribution in [-0.2, 0) is 9.47 Å². The molecule has 0 unspecified atom stereocenters. The average molecular weight is 268 g/mol. The summed E-state index contributed by atoms with van der Waals surface area (Å²) in [5.74, 6) is 0.901. The van der Waals surface area contributed by atoms with Crippen LogP contribution in [-0.4, -0.2) is 12.4 Å². The number of hydrogen-bond donors (Lipinski definition) is 0. The van der Waals surface area contributed by atoms with Crippen LogP contribution < -0.4 is 0 Å². The average Bonchev–Trinajstić information content (AvgIpc) is 2.42. The molecule has 1 saturated heterocycles. The summed E-state index contributed by atoms with van der Waals surface area (Å²) in [5.41, 5.74) is 0. The molecule has 0 aromatic heterocycles. The summed E-state index contributed by atoms with van der Waals surface area (Å²) >= 11 is 0. The number of unbranched alkanes of at least 4 members (excludes halogenated alkanes) is 4. The maximum atomic E-state index is 6.03. The van der Waals surface area contributed by atoms with Crippen LogP contribution in [0.25, 0.3) is 0 Å². The van der Waals surface area contributed by atoms with Gasteiger partial charge in [-0.1, -0.05) is 52.5 Å². The molecule has 0 N–H and O–H groups in total. The number of rotatable bonds is 10. The fourth-order valence-electron chi connectivity index (χ4n) is 2.58. The first-order chi connectivity index (χ1) is 9.26. The molecular weight excluding hydrogens is 236 g/mol. The van der Waals surface area contributed by atoms with Crippen molar-refractivity contribution in [2.24, 2.45) is 0 Å². The first-order valence-electron chi connectivity index (χ1n) is 8.26. The van der Waals surface area contributed by atoms with Crippen LogP contribution in [0.5, 0.6) is 0 Å². The number of allylic oxidation sites excluding steroid dienone is 1. The Balaban J connectivity index is 2.16. The van der Waals surface area contributed by atoms with Gasteiger partial charge in [0.05, 0.1) is 11.9 Å². The highest BCUT2D eigenvalue weighted by Gasteiger charge is 2.23. The maximum absolute atomic E-state index is 6.03. The topological polar surface area (TPSA) is 18.5 Å². The Bertz CT molecular complexity index is 237. The molecule has 2 heteroatoms. The van der Waals surface area contributed by atoms with E-state index in [1.165, 1.54) is 51.4 Å². The van der Waals surface area contributed by atoms with Crippen molar-refractivity contribution in [3.63, 3.8) is 0 Å². The summed E-state index contributed by atoms with van der Waals surface area (Å²) in [6.45, 7) is 8.44. The van der Waals surface area contributed by atoms with Gasteiger partial charge in [0, 0.05) is 12.8 Å². The van der Waals surface area contributed by atoms with E-state index in [0.717, 1.165) is 25.0 Å². The molecule has 112 valence electrons. The molecule has 1 aliphatic heterocycles. The Morgan fingerprint density at radius 2 is 1.89 bits per heavy atom. The van der Waals surface area contributed by atoms with Crippen molar-refractivity contribution in [1.82, 2.24) is 0 Å². The molecule has 0 amide bonds. The molecule has 1 rings (SSSR count).